The summed E-state index contributed by atoms with van der Waals surface area (Å²) in [4.78, 5) is 15.2. The second-order valence-electron chi connectivity index (χ2n) is 4.35. The molecular weight excluding hydrogens is 293 g/mol. The van der Waals surface area contributed by atoms with Crippen molar-refractivity contribution >= 4 is 28.8 Å². The average molecular weight is 303 g/mol. The van der Waals surface area contributed by atoms with E-state index in [-0.39, 0.29) is 11.3 Å². The molecule has 0 bridgehead atoms. The molecule has 0 aliphatic rings. The van der Waals surface area contributed by atoms with Gasteiger partial charge in [-0.25, -0.2) is 14.2 Å². The van der Waals surface area contributed by atoms with Crippen molar-refractivity contribution in [3.05, 3.63) is 59.4 Å². The average Bonchev–Trinajstić information content (AvgIpc) is 2.89. The van der Waals surface area contributed by atoms with E-state index in [1.165, 1.54) is 23.9 Å². The van der Waals surface area contributed by atoms with E-state index in [1.54, 1.807) is 6.07 Å². The molecule has 0 spiro atoms. The van der Waals surface area contributed by atoms with Crippen molar-refractivity contribution in [2.24, 2.45) is 0 Å². The summed E-state index contributed by atoms with van der Waals surface area (Å²) in [5.74, 6) is -1.27. The molecule has 3 rings (SSSR count). The lowest BCUT2D eigenvalue weighted by Gasteiger charge is -2.02. The fourth-order valence-corrected chi connectivity index (χ4v) is 2.68. The van der Waals surface area contributed by atoms with Gasteiger partial charge in [0.1, 0.15) is 11.3 Å². The van der Waals surface area contributed by atoms with Crippen LogP contribution in [0.5, 0.6) is 0 Å². The van der Waals surface area contributed by atoms with E-state index in [2.05, 4.69) is 4.98 Å². The maximum absolute atomic E-state index is 13.7. The van der Waals surface area contributed by atoms with Crippen LogP contribution >= 0.6 is 11.8 Å². The number of hydrogen-bond donors (Lipinski definition) is 1. The number of aromatic nitrogens is 1. The van der Waals surface area contributed by atoms with Gasteiger partial charge in [0.2, 0.25) is 0 Å². The molecule has 0 radical (unpaired) electrons. The molecule has 2 aromatic carbocycles. The van der Waals surface area contributed by atoms with Gasteiger partial charge in [0, 0.05) is 5.75 Å². The molecule has 6 heteroatoms. The van der Waals surface area contributed by atoms with Crippen LogP contribution < -0.4 is 0 Å². The molecule has 4 nitrogen and oxygen atoms in total. The minimum absolute atomic E-state index is 0.0598. The second kappa shape index (κ2) is 5.57. The number of thioether (sulfide) groups is 1. The predicted molar refractivity (Wildman–Crippen MR) is 76.9 cm³/mol. The number of benzene rings is 2. The van der Waals surface area contributed by atoms with Crippen LogP contribution in [-0.4, -0.2) is 16.1 Å². The first kappa shape index (κ1) is 13.6. The van der Waals surface area contributed by atoms with Crippen molar-refractivity contribution in [2.45, 2.75) is 11.0 Å². The molecule has 0 fully saturated rings. The Labute approximate surface area is 123 Å². The molecule has 0 saturated heterocycles. The van der Waals surface area contributed by atoms with Crippen LogP contribution in [0, 0.1) is 5.82 Å². The number of halogens is 1. The van der Waals surface area contributed by atoms with Gasteiger partial charge >= 0.3 is 5.97 Å². The maximum Gasteiger partial charge on any atom is 0.335 e. The van der Waals surface area contributed by atoms with E-state index in [0.717, 1.165) is 11.6 Å². The molecule has 21 heavy (non-hydrogen) atoms. The van der Waals surface area contributed by atoms with Crippen LogP contribution in [0.2, 0.25) is 0 Å². The van der Waals surface area contributed by atoms with Crippen LogP contribution in [0.15, 0.2) is 52.1 Å². The van der Waals surface area contributed by atoms with Gasteiger partial charge in [-0.15, -0.1) is 0 Å². The smallest absolute Gasteiger partial charge is 0.335 e. The predicted octanol–water partition coefficient (Wildman–Crippen LogP) is 3.96. The lowest BCUT2D eigenvalue weighted by Crippen LogP contribution is -1.99. The molecule has 0 amide bonds. The molecule has 0 atom stereocenters. The molecular formula is C15H10FNO3S. The number of fused-ring (bicyclic) bond motifs is 1. The van der Waals surface area contributed by atoms with Crippen molar-refractivity contribution in [2.75, 3.05) is 0 Å². The molecule has 0 aliphatic carbocycles. The van der Waals surface area contributed by atoms with Gasteiger partial charge in [-0.1, -0.05) is 23.9 Å². The largest absolute Gasteiger partial charge is 0.478 e. The summed E-state index contributed by atoms with van der Waals surface area (Å²) in [6, 6.07) is 11.1. The van der Waals surface area contributed by atoms with Crippen LogP contribution in [-0.2, 0) is 5.75 Å². The van der Waals surface area contributed by atoms with Gasteiger partial charge in [-0.05, 0) is 35.9 Å². The summed E-state index contributed by atoms with van der Waals surface area (Å²) in [6.45, 7) is 0. The van der Waals surface area contributed by atoms with E-state index < -0.39 is 11.8 Å². The Hall–Kier alpha value is -2.34. The Morgan fingerprint density at radius 3 is 2.86 bits per heavy atom. The Balaban J connectivity index is 1.80. The third kappa shape index (κ3) is 2.90. The number of oxazole rings is 1. The van der Waals surface area contributed by atoms with Gasteiger partial charge in [0.25, 0.3) is 5.22 Å². The summed E-state index contributed by atoms with van der Waals surface area (Å²) in [6.07, 6.45) is 0. The highest BCUT2D eigenvalue weighted by molar-refractivity contribution is 7.98. The third-order valence-corrected chi connectivity index (χ3v) is 3.79. The number of nitrogens with zero attached hydrogens (tertiary/aromatic N) is 1. The van der Waals surface area contributed by atoms with Crippen molar-refractivity contribution < 1.29 is 18.7 Å². The number of aromatic carboxylic acids is 1. The number of carboxylic acids is 1. The molecule has 1 aromatic heterocycles. The summed E-state index contributed by atoms with van der Waals surface area (Å²) in [5, 5.41) is 9.35. The summed E-state index contributed by atoms with van der Waals surface area (Å²) < 4.78 is 19.2. The van der Waals surface area contributed by atoms with Crippen molar-refractivity contribution in [3.63, 3.8) is 0 Å². The van der Waals surface area contributed by atoms with Gasteiger partial charge in [0.05, 0.1) is 5.56 Å². The topological polar surface area (TPSA) is 63.3 Å². The van der Waals surface area contributed by atoms with Crippen molar-refractivity contribution in [1.82, 2.24) is 4.98 Å². The van der Waals surface area contributed by atoms with Crippen LogP contribution in [0.3, 0.4) is 0 Å². The van der Waals surface area contributed by atoms with Crippen molar-refractivity contribution in [3.8, 4) is 0 Å². The van der Waals surface area contributed by atoms with Crippen molar-refractivity contribution in [1.29, 1.82) is 0 Å². The number of hydrogen-bond acceptors (Lipinski definition) is 4. The summed E-state index contributed by atoms with van der Waals surface area (Å²) >= 11 is 1.22. The number of carbonyl (C=O) groups is 1. The van der Waals surface area contributed by atoms with E-state index in [9.17, 15) is 9.18 Å². The fraction of sp³-hybridized carbons (Fsp3) is 0.0667. The summed E-state index contributed by atoms with van der Waals surface area (Å²) in [5.41, 5.74) is 1.77. The van der Waals surface area contributed by atoms with E-state index in [0.29, 0.717) is 16.4 Å². The first-order valence-electron chi connectivity index (χ1n) is 6.13. The van der Waals surface area contributed by atoms with Crippen LogP contribution in [0.4, 0.5) is 4.39 Å². The third-order valence-electron chi connectivity index (χ3n) is 2.92. The highest BCUT2D eigenvalue weighted by Crippen LogP contribution is 2.27. The number of carboxylic acid groups (broad SMARTS) is 1. The molecule has 106 valence electrons. The Kier molecular flexibility index (Phi) is 3.62. The quantitative estimate of drug-likeness (QED) is 0.739. The van der Waals surface area contributed by atoms with Gasteiger partial charge in [-0.3, -0.25) is 0 Å². The second-order valence-corrected chi connectivity index (χ2v) is 5.27. The molecule has 1 heterocycles. The van der Waals surface area contributed by atoms with E-state index in [4.69, 9.17) is 9.52 Å². The molecule has 1 N–H and O–H groups in total. The number of rotatable bonds is 4. The zero-order valence-electron chi connectivity index (χ0n) is 10.7. The SMILES string of the molecule is O=C(O)c1ccc(F)c(CSc2nc3ccccc3o2)c1. The maximum atomic E-state index is 13.7. The van der Waals surface area contributed by atoms with Gasteiger partial charge in [0.15, 0.2) is 5.58 Å². The standard InChI is InChI=1S/C15H10FNO3S/c16-11-6-5-9(14(18)19)7-10(11)8-21-15-17-12-3-1-2-4-13(12)20-15/h1-7H,8H2,(H,18,19). The molecule has 0 aliphatic heterocycles. The van der Waals surface area contributed by atoms with E-state index in [1.807, 2.05) is 18.2 Å². The zero-order valence-corrected chi connectivity index (χ0v) is 11.6. The highest BCUT2D eigenvalue weighted by Gasteiger charge is 2.11. The molecule has 3 aromatic rings. The Morgan fingerprint density at radius 2 is 2.10 bits per heavy atom. The first-order valence-corrected chi connectivity index (χ1v) is 7.12. The Bertz CT molecular complexity index is 783. The Morgan fingerprint density at radius 1 is 1.29 bits per heavy atom. The molecule has 0 unspecified atom stereocenters. The summed E-state index contributed by atoms with van der Waals surface area (Å²) in [7, 11) is 0. The fourth-order valence-electron chi connectivity index (χ4n) is 1.87. The zero-order chi connectivity index (χ0) is 14.8. The lowest BCUT2D eigenvalue weighted by atomic mass is 10.1. The lowest BCUT2D eigenvalue weighted by molar-refractivity contribution is 0.0696. The van der Waals surface area contributed by atoms with Crippen LogP contribution in [0.25, 0.3) is 11.1 Å². The van der Waals surface area contributed by atoms with E-state index >= 15 is 0 Å². The van der Waals surface area contributed by atoms with Gasteiger partial charge < -0.3 is 9.52 Å². The first-order chi connectivity index (χ1) is 10.1. The van der Waals surface area contributed by atoms with Crippen LogP contribution in [0.1, 0.15) is 15.9 Å². The number of para-hydroxylation sites is 2. The monoisotopic (exact) mass is 303 g/mol. The molecule has 0 saturated carbocycles. The minimum Gasteiger partial charge on any atom is -0.478 e. The van der Waals surface area contributed by atoms with Gasteiger partial charge in [-0.2, -0.15) is 0 Å². The highest BCUT2D eigenvalue weighted by atomic mass is 32.2. The minimum atomic E-state index is -1.08. The normalized spacial score (nSPS) is 10.9.